The average Bonchev–Trinajstić information content (AvgIpc) is 2.48. The summed E-state index contributed by atoms with van der Waals surface area (Å²) >= 11 is 0. The van der Waals surface area contributed by atoms with Crippen molar-refractivity contribution in [1.29, 1.82) is 0 Å². The molecule has 1 saturated heterocycles. The van der Waals surface area contributed by atoms with Crippen molar-refractivity contribution < 1.29 is 4.79 Å². The van der Waals surface area contributed by atoms with Gasteiger partial charge >= 0.3 is 6.03 Å². The Balaban J connectivity index is 2.39. The Labute approximate surface area is 83.7 Å². The van der Waals surface area contributed by atoms with Crippen LogP contribution in [0.3, 0.4) is 0 Å². The third-order valence-electron chi connectivity index (χ3n) is 2.58. The van der Waals surface area contributed by atoms with Crippen molar-refractivity contribution in [3.8, 4) is 0 Å². The van der Waals surface area contributed by atoms with Crippen molar-refractivity contribution in [3.05, 3.63) is 29.8 Å². The maximum absolute atomic E-state index is 11.6. The second-order valence-electron chi connectivity index (χ2n) is 3.69. The normalized spacial score (nSPS) is 21.1. The number of amides is 2. The lowest BCUT2D eigenvalue weighted by Crippen LogP contribution is -2.32. The summed E-state index contributed by atoms with van der Waals surface area (Å²) in [5.74, 6) is 0. The van der Waals surface area contributed by atoms with Crippen LogP contribution in [0.5, 0.6) is 0 Å². The molecule has 3 nitrogen and oxygen atoms in total. The van der Waals surface area contributed by atoms with Crippen LogP contribution in [0.4, 0.5) is 10.5 Å². The minimum atomic E-state index is 0.00630. The van der Waals surface area contributed by atoms with E-state index in [1.165, 1.54) is 0 Å². The third-order valence-corrected chi connectivity index (χ3v) is 2.58. The molecule has 2 rings (SSSR count). The maximum Gasteiger partial charge on any atom is 0.322 e. The van der Waals surface area contributed by atoms with E-state index >= 15 is 0 Å². The second-order valence-corrected chi connectivity index (χ2v) is 3.69. The summed E-state index contributed by atoms with van der Waals surface area (Å²) in [7, 11) is 0. The standard InChI is InChI=1S/C11H14N2O/c1-8-5-3-4-6-10(8)13-9(2)7-12-11(13)14/h3-6,9H,7H2,1-2H3,(H,12,14)/t9-/m1/s1. The number of hydrogen-bond donors (Lipinski definition) is 1. The molecule has 1 aliphatic heterocycles. The molecule has 0 saturated carbocycles. The summed E-state index contributed by atoms with van der Waals surface area (Å²) in [5.41, 5.74) is 2.14. The van der Waals surface area contributed by atoms with Crippen LogP contribution in [-0.4, -0.2) is 18.6 Å². The fourth-order valence-corrected chi connectivity index (χ4v) is 1.79. The van der Waals surface area contributed by atoms with Gasteiger partial charge in [0.25, 0.3) is 0 Å². The summed E-state index contributed by atoms with van der Waals surface area (Å²) in [6.07, 6.45) is 0. The van der Waals surface area contributed by atoms with Gasteiger partial charge in [-0.2, -0.15) is 0 Å². The Hall–Kier alpha value is -1.51. The second kappa shape index (κ2) is 3.33. The van der Waals surface area contributed by atoms with Gasteiger partial charge in [-0.05, 0) is 25.5 Å². The molecule has 1 atom stereocenters. The molecule has 0 bridgehead atoms. The molecule has 1 N–H and O–H groups in total. The summed E-state index contributed by atoms with van der Waals surface area (Å²) in [5, 5.41) is 2.83. The number of carbonyl (C=O) groups excluding carboxylic acids is 1. The van der Waals surface area contributed by atoms with Gasteiger partial charge in [0.2, 0.25) is 0 Å². The highest BCUT2D eigenvalue weighted by Crippen LogP contribution is 2.23. The summed E-state index contributed by atoms with van der Waals surface area (Å²) in [6, 6.07) is 8.19. The number of para-hydroxylation sites is 1. The van der Waals surface area contributed by atoms with Gasteiger partial charge in [0.05, 0.1) is 6.04 Å². The molecule has 0 spiro atoms. The van der Waals surface area contributed by atoms with Gasteiger partial charge in [0.15, 0.2) is 0 Å². The maximum atomic E-state index is 11.6. The molecule has 1 heterocycles. The van der Waals surface area contributed by atoms with Crippen LogP contribution in [0.25, 0.3) is 0 Å². The van der Waals surface area contributed by atoms with Crippen molar-refractivity contribution in [1.82, 2.24) is 5.32 Å². The van der Waals surface area contributed by atoms with E-state index in [9.17, 15) is 4.79 Å². The molecule has 0 unspecified atom stereocenters. The zero-order valence-corrected chi connectivity index (χ0v) is 8.45. The van der Waals surface area contributed by atoms with E-state index in [1.807, 2.05) is 43.0 Å². The molecule has 0 aromatic heterocycles. The van der Waals surface area contributed by atoms with Crippen LogP contribution in [-0.2, 0) is 0 Å². The largest absolute Gasteiger partial charge is 0.336 e. The first-order chi connectivity index (χ1) is 6.70. The molecule has 1 aliphatic rings. The van der Waals surface area contributed by atoms with E-state index in [1.54, 1.807) is 0 Å². The Morgan fingerprint density at radius 1 is 1.43 bits per heavy atom. The lowest BCUT2D eigenvalue weighted by atomic mass is 10.1. The Kier molecular flexibility index (Phi) is 2.15. The van der Waals surface area contributed by atoms with E-state index in [-0.39, 0.29) is 12.1 Å². The number of anilines is 1. The van der Waals surface area contributed by atoms with E-state index in [2.05, 4.69) is 5.32 Å². The molecule has 1 aromatic rings. The smallest absolute Gasteiger partial charge is 0.322 e. The number of urea groups is 1. The average molecular weight is 190 g/mol. The quantitative estimate of drug-likeness (QED) is 0.720. The molecule has 2 amide bonds. The lowest BCUT2D eigenvalue weighted by Gasteiger charge is -2.21. The molecule has 0 aliphatic carbocycles. The first kappa shape index (κ1) is 9.06. The van der Waals surface area contributed by atoms with Crippen LogP contribution in [0.15, 0.2) is 24.3 Å². The fourth-order valence-electron chi connectivity index (χ4n) is 1.79. The van der Waals surface area contributed by atoms with Gasteiger partial charge in [0.1, 0.15) is 0 Å². The van der Waals surface area contributed by atoms with Crippen LogP contribution < -0.4 is 10.2 Å². The highest BCUT2D eigenvalue weighted by molar-refractivity contribution is 5.95. The number of rotatable bonds is 1. The molecule has 1 fully saturated rings. The zero-order valence-electron chi connectivity index (χ0n) is 8.45. The lowest BCUT2D eigenvalue weighted by molar-refractivity contribution is 0.252. The Morgan fingerprint density at radius 3 is 2.71 bits per heavy atom. The predicted molar refractivity (Wildman–Crippen MR) is 56.5 cm³/mol. The van der Waals surface area contributed by atoms with Crippen LogP contribution in [0.2, 0.25) is 0 Å². The van der Waals surface area contributed by atoms with E-state index in [4.69, 9.17) is 0 Å². The number of nitrogens with one attached hydrogen (secondary N) is 1. The van der Waals surface area contributed by atoms with E-state index < -0.39 is 0 Å². The number of benzene rings is 1. The van der Waals surface area contributed by atoms with Crippen molar-refractivity contribution in [2.24, 2.45) is 0 Å². The monoisotopic (exact) mass is 190 g/mol. The van der Waals surface area contributed by atoms with E-state index in [0.717, 1.165) is 17.8 Å². The molecule has 14 heavy (non-hydrogen) atoms. The summed E-state index contributed by atoms with van der Waals surface area (Å²) in [6.45, 7) is 4.80. The first-order valence-corrected chi connectivity index (χ1v) is 4.83. The van der Waals surface area contributed by atoms with Crippen LogP contribution in [0, 0.1) is 6.92 Å². The molecular formula is C11H14N2O. The minimum Gasteiger partial charge on any atom is -0.336 e. The van der Waals surface area contributed by atoms with E-state index in [0.29, 0.717) is 0 Å². The van der Waals surface area contributed by atoms with Crippen LogP contribution >= 0.6 is 0 Å². The van der Waals surface area contributed by atoms with Crippen molar-refractivity contribution in [2.45, 2.75) is 19.9 Å². The Morgan fingerprint density at radius 2 is 2.14 bits per heavy atom. The molecule has 1 aromatic carbocycles. The first-order valence-electron chi connectivity index (χ1n) is 4.83. The highest BCUT2D eigenvalue weighted by atomic mass is 16.2. The predicted octanol–water partition coefficient (Wildman–Crippen LogP) is 1.91. The Bertz CT molecular complexity index is 362. The molecule has 3 heteroatoms. The highest BCUT2D eigenvalue weighted by Gasteiger charge is 2.28. The minimum absolute atomic E-state index is 0.00630. The number of carbonyl (C=O) groups is 1. The topological polar surface area (TPSA) is 32.3 Å². The summed E-state index contributed by atoms with van der Waals surface area (Å²) in [4.78, 5) is 13.4. The fraction of sp³-hybridized carbons (Fsp3) is 0.364. The number of hydrogen-bond acceptors (Lipinski definition) is 1. The number of nitrogens with zero attached hydrogens (tertiary/aromatic N) is 1. The van der Waals surface area contributed by atoms with Gasteiger partial charge in [-0.25, -0.2) is 4.79 Å². The molecule has 0 radical (unpaired) electrons. The molecular weight excluding hydrogens is 176 g/mol. The van der Waals surface area contributed by atoms with Crippen molar-refractivity contribution in [3.63, 3.8) is 0 Å². The third kappa shape index (κ3) is 1.35. The van der Waals surface area contributed by atoms with Gasteiger partial charge in [0, 0.05) is 12.2 Å². The number of aryl methyl sites for hydroxylation is 1. The van der Waals surface area contributed by atoms with Gasteiger partial charge in [-0.3, -0.25) is 4.90 Å². The van der Waals surface area contributed by atoms with Gasteiger partial charge in [-0.15, -0.1) is 0 Å². The van der Waals surface area contributed by atoms with Crippen LogP contribution in [0.1, 0.15) is 12.5 Å². The zero-order chi connectivity index (χ0) is 10.1. The van der Waals surface area contributed by atoms with Crippen molar-refractivity contribution in [2.75, 3.05) is 11.4 Å². The van der Waals surface area contributed by atoms with Crippen molar-refractivity contribution >= 4 is 11.7 Å². The SMILES string of the molecule is Cc1ccccc1N1C(=O)NC[C@H]1C. The summed E-state index contributed by atoms with van der Waals surface area (Å²) < 4.78 is 0. The molecule has 74 valence electrons. The van der Waals surface area contributed by atoms with Gasteiger partial charge in [-0.1, -0.05) is 18.2 Å². The van der Waals surface area contributed by atoms with Gasteiger partial charge < -0.3 is 5.32 Å².